The Morgan fingerprint density at radius 3 is 2.65 bits per heavy atom. The van der Waals surface area contributed by atoms with E-state index in [1.807, 2.05) is 19.9 Å². The first-order valence-corrected chi connectivity index (χ1v) is 7.19. The average Bonchev–Trinajstić information content (AvgIpc) is 2.90. The van der Waals surface area contributed by atoms with Gasteiger partial charge in [-0.25, -0.2) is 9.50 Å². The summed E-state index contributed by atoms with van der Waals surface area (Å²) in [5.41, 5.74) is 2.50. The van der Waals surface area contributed by atoms with E-state index in [9.17, 15) is 4.79 Å². The third-order valence-electron chi connectivity index (χ3n) is 3.35. The normalized spacial score (nSPS) is 10.7. The number of ether oxygens (including phenoxy) is 1. The molecule has 0 atom stereocenters. The molecular weight excluding hydrogens is 294 g/mol. The van der Waals surface area contributed by atoms with Gasteiger partial charge in [-0.3, -0.25) is 4.79 Å². The van der Waals surface area contributed by atoms with E-state index in [0.717, 1.165) is 17.1 Å². The Morgan fingerprint density at radius 1 is 1.22 bits per heavy atom. The molecule has 0 unspecified atom stereocenters. The van der Waals surface area contributed by atoms with Crippen molar-refractivity contribution in [2.24, 2.45) is 0 Å². The summed E-state index contributed by atoms with van der Waals surface area (Å²) in [7, 11) is 1.60. The second-order valence-electron chi connectivity index (χ2n) is 5.23. The van der Waals surface area contributed by atoms with E-state index in [1.165, 1.54) is 0 Å². The Balaban J connectivity index is 1.73. The van der Waals surface area contributed by atoms with Gasteiger partial charge in [0.15, 0.2) is 5.82 Å². The fourth-order valence-electron chi connectivity index (χ4n) is 2.31. The molecule has 0 aliphatic carbocycles. The number of aromatic nitrogens is 4. The monoisotopic (exact) mass is 311 g/mol. The van der Waals surface area contributed by atoms with Crippen molar-refractivity contribution in [2.75, 3.05) is 12.4 Å². The Labute approximate surface area is 133 Å². The van der Waals surface area contributed by atoms with Gasteiger partial charge in [0.25, 0.3) is 5.78 Å². The number of carbonyl (C=O) groups excluding carboxylic acids is 1. The highest BCUT2D eigenvalue weighted by Gasteiger charge is 2.12. The number of hydrogen-bond acceptors (Lipinski definition) is 5. The van der Waals surface area contributed by atoms with Gasteiger partial charge in [-0.1, -0.05) is 0 Å². The zero-order chi connectivity index (χ0) is 16.4. The van der Waals surface area contributed by atoms with E-state index in [1.54, 1.807) is 35.9 Å². The molecule has 23 heavy (non-hydrogen) atoms. The Bertz CT molecular complexity index is 855. The van der Waals surface area contributed by atoms with Crippen molar-refractivity contribution in [3.8, 4) is 5.75 Å². The third-order valence-corrected chi connectivity index (χ3v) is 3.35. The van der Waals surface area contributed by atoms with Crippen LogP contribution in [0, 0.1) is 13.8 Å². The van der Waals surface area contributed by atoms with Crippen LogP contribution < -0.4 is 10.1 Å². The molecule has 0 spiro atoms. The number of rotatable bonds is 4. The van der Waals surface area contributed by atoms with Crippen molar-refractivity contribution >= 4 is 17.4 Å². The van der Waals surface area contributed by atoms with Crippen molar-refractivity contribution < 1.29 is 9.53 Å². The summed E-state index contributed by atoms with van der Waals surface area (Å²) in [6, 6.07) is 9.05. The van der Waals surface area contributed by atoms with Gasteiger partial charge in [0, 0.05) is 17.1 Å². The molecule has 118 valence electrons. The van der Waals surface area contributed by atoms with Gasteiger partial charge in [-0.15, -0.1) is 5.10 Å². The maximum absolute atomic E-state index is 12.1. The fraction of sp³-hybridized carbons (Fsp3) is 0.250. The van der Waals surface area contributed by atoms with Crippen LogP contribution in [-0.2, 0) is 11.2 Å². The molecular formula is C16H17N5O2. The predicted octanol–water partition coefficient (Wildman–Crippen LogP) is 1.93. The highest BCUT2D eigenvalue weighted by atomic mass is 16.5. The van der Waals surface area contributed by atoms with Crippen LogP contribution in [0.5, 0.6) is 5.75 Å². The molecule has 1 amide bonds. The highest BCUT2D eigenvalue weighted by molar-refractivity contribution is 5.91. The maximum atomic E-state index is 12.1. The van der Waals surface area contributed by atoms with E-state index in [0.29, 0.717) is 17.3 Å². The maximum Gasteiger partial charge on any atom is 0.252 e. The van der Waals surface area contributed by atoms with Crippen LogP contribution >= 0.6 is 0 Å². The molecule has 7 nitrogen and oxygen atoms in total. The number of methoxy groups -OCH3 is 1. The minimum atomic E-state index is -0.180. The Kier molecular flexibility index (Phi) is 3.92. The number of carbonyl (C=O) groups is 1. The van der Waals surface area contributed by atoms with Gasteiger partial charge in [0.1, 0.15) is 5.75 Å². The number of aryl methyl sites for hydroxylation is 2. The van der Waals surface area contributed by atoms with Crippen molar-refractivity contribution in [2.45, 2.75) is 20.3 Å². The van der Waals surface area contributed by atoms with Crippen molar-refractivity contribution in [3.05, 3.63) is 47.5 Å². The quantitative estimate of drug-likeness (QED) is 0.796. The van der Waals surface area contributed by atoms with Gasteiger partial charge >= 0.3 is 0 Å². The second kappa shape index (κ2) is 6.04. The van der Waals surface area contributed by atoms with Crippen LogP contribution in [0.2, 0.25) is 0 Å². The summed E-state index contributed by atoms with van der Waals surface area (Å²) in [5, 5.41) is 7.13. The molecule has 0 saturated heterocycles. The number of anilines is 1. The van der Waals surface area contributed by atoms with E-state index in [-0.39, 0.29) is 12.3 Å². The number of amides is 1. The zero-order valence-corrected chi connectivity index (χ0v) is 13.2. The molecule has 1 N–H and O–H groups in total. The molecule has 0 bridgehead atoms. The van der Waals surface area contributed by atoms with Crippen molar-refractivity contribution in [3.63, 3.8) is 0 Å². The number of nitrogens with one attached hydrogen (secondary N) is 1. The smallest absolute Gasteiger partial charge is 0.252 e. The third kappa shape index (κ3) is 3.28. The number of hydrogen-bond donors (Lipinski definition) is 1. The standard InChI is InChI=1S/C16H17N5O2/c1-10-8-11(2)21-16(17-10)19-14(20-21)9-15(22)18-12-4-6-13(23-3)7-5-12/h4-8H,9H2,1-3H3,(H,18,22). The summed E-state index contributed by atoms with van der Waals surface area (Å²) in [5.74, 6) is 1.51. The largest absolute Gasteiger partial charge is 0.497 e. The number of benzene rings is 1. The second-order valence-corrected chi connectivity index (χ2v) is 5.23. The topological polar surface area (TPSA) is 81.4 Å². The van der Waals surface area contributed by atoms with Crippen LogP contribution in [0.3, 0.4) is 0 Å². The van der Waals surface area contributed by atoms with Crippen LogP contribution in [-0.4, -0.2) is 32.6 Å². The summed E-state index contributed by atoms with van der Waals surface area (Å²) in [6.07, 6.45) is 0.0911. The first-order chi connectivity index (χ1) is 11.0. The van der Waals surface area contributed by atoms with Gasteiger partial charge in [-0.2, -0.15) is 4.98 Å². The van der Waals surface area contributed by atoms with Crippen LogP contribution in [0.25, 0.3) is 5.78 Å². The van der Waals surface area contributed by atoms with Gasteiger partial charge in [0.2, 0.25) is 5.91 Å². The first kappa shape index (κ1) is 15.0. The summed E-state index contributed by atoms with van der Waals surface area (Å²) >= 11 is 0. The summed E-state index contributed by atoms with van der Waals surface area (Å²) in [6.45, 7) is 3.83. The lowest BCUT2D eigenvalue weighted by molar-refractivity contribution is -0.115. The molecule has 3 rings (SSSR count). The van der Waals surface area contributed by atoms with Gasteiger partial charge < -0.3 is 10.1 Å². The molecule has 7 heteroatoms. The lowest BCUT2D eigenvalue weighted by atomic mass is 10.3. The molecule has 0 aliphatic rings. The lowest BCUT2D eigenvalue weighted by Crippen LogP contribution is -2.15. The lowest BCUT2D eigenvalue weighted by Gasteiger charge is -2.04. The highest BCUT2D eigenvalue weighted by Crippen LogP contribution is 2.15. The summed E-state index contributed by atoms with van der Waals surface area (Å²) in [4.78, 5) is 20.7. The predicted molar refractivity (Wildman–Crippen MR) is 85.6 cm³/mol. The summed E-state index contributed by atoms with van der Waals surface area (Å²) < 4.78 is 6.72. The van der Waals surface area contributed by atoms with Crippen molar-refractivity contribution in [1.82, 2.24) is 19.6 Å². The molecule has 1 aromatic carbocycles. The van der Waals surface area contributed by atoms with Crippen LogP contribution in [0.15, 0.2) is 30.3 Å². The van der Waals surface area contributed by atoms with Crippen LogP contribution in [0.1, 0.15) is 17.2 Å². The Morgan fingerprint density at radius 2 is 1.96 bits per heavy atom. The molecule has 0 fully saturated rings. The minimum Gasteiger partial charge on any atom is -0.497 e. The van der Waals surface area contributed by atoms with Crippen molar-refractivity contribution in [1.29, 1.82) is 0 Å². The molecule has 3 aromatic rings. The minimum absolute atomic E-state index is 0.0911. The number of nitrogens with zero attached hydrogens (tertiary/aromatic N) is 4. The fourth-order valence-corrected chi connectivity index (χ4v) is 2.31. The molecule has 0 saturated carbocycles. The van der Waals surface area contributed by atoms with Crippen LogP contribution in [0.4, 0.5) is 5.69 Å². The molecule has 2 aromatic heterocycles. The van der Waals surface area contributed by atoms with E-state index in [4.69, 9.17) is 4.74 Å². The Hall–Kier alpha value is -2.96. The van der Waals surface area contributed by atoms with E-state index in [2.05, 4.69) is 20.4 Å². The van der Waals surface area contributed by atoms with E-state index < -0.39 is 0 Å². The molecule has 0 aliphatic heterocycles. The molecule has 0 radical (unpaired) electrons. The number of fused-ring (bicyclic) bond motifs is 1. The van der Waals surface area contributed by atoms with E-state index >= 15 is 0 Å². The first-order valence-electron chi connectivity index (χ1n) is 7.19. The average molecular weight is 311 g/mol. The zero-order valence-electron chi connectivity index (χ0n) is 13.2. The molecule has 2 heterocycles. The SMILES string of the molecule is COc1ccc(NC(=O)Cc2nc3nc(C)cc(C)n3n2)cc1. The van der Waals surface area contributed by atoms with Gasteiger partial charge in [0.05, 0.1) is 13.5 Å². The van der Waals surface area contributed by atoms with Gasteiger partial charge in [-0.05, 0) is 44.2 Å².